The van der Waals surface area contributed by atoms with Crippen LogP contribution in [0.4, 0.5) is 14.5 Å². The Hall–Kier alpha value is -4.07. The summed E-state index contributed by atoms with van der Waals surface area (Å²) in [5, 5.41) is 30.8. The Labute approximate surface area is 224 Å². The largest absolute Gasteiger partial charge is 0.390 e. The van der Waals surface area contributed by atoms with Crippen LogP contribution in [0.1, 0.15) is 28.9 Å². The zero-order valence-electron chi connectivity index (χ0n) is 22.4. The molecule has 14 heteroatoms. The second-order valence-corrected chi connectivity index (χ2v) is 8.87. The van der Waals surface area contributed by atoms with E-state index >= 15 is 8.78 Å². The lowest BCUT2D eigenvalue weighted by Gasteiger charge is -2.33. The third kappa shape index (κ3) is 4.14. The number of hydrogen-bond donors (Lipinski definition) is 4. The third-order valence-electron chi connectivity index (χ3n) is 6.45. The highest BCUT2D eigenvalue weighted by atomic mass is 35.5. The Balaban J connectivity index is 1.51. The SMILES string of the molecule is [2H]C([2H])(O)C1=C(F)/C(=C2/C=NC([C@@H]3CC[C@]4([2H])CC(c5c(N(C=N)N=N)ccc(Cl)c5F)=CC(=O)N34)=N2)C=CN1O. The summed E-state index contributed by atoms with van der Waals surface area (Å²) in [6.07, 6.45) is 5.34. The van der Waals surface area contributed by atoms with Crippen LogP contribution in [0, 0.1) is 16.8 Å². The predicted octanol–water partition coefficient (Wildman–Crippen LogP) is 4.11. The molecule has 0 unspecified atom stereocenters. The number of nitrogens with zero attached hydrogens (tertiary/aromatic N) is 6. The van der Waals surface area contributed by atoms with Crippen molar-refractivity contribution in [2.75, 3.05) is 11.6 Å². The smallest absolute Gasteiger partial charge is 0.247 e. The molecule has 0 bridgehead atoms. The highest BCUT2D eigenvalue weighted by Crippen LogP contribution is 2.42. The van der Waals surface area contributed by atoms with Gasteiger partial charge in [0.1, 0.15) is 12.0 Å². The van der Waals surface area contributed by atoms with Crippen LogP contribution >= 0.6 is 11.6 Å². The molecule has 4 aliphatic rings. The first-order valence-corrected chi connectivity index (χ1v) is 11.5. The summed E-state index contributed by atoms with van der Waals surface area (Å²) in [5.74, 6) is -2.72. The van der Waals surface area contributed by atoms with Crippen molar-refractivity contribution in [1.29, 1.82) is 10.9 Å². The zero-order valence-corrected chi connectivity index (χ0v) is 20.1. The number of anilines is 1. The van der Waals surface area contributed by atoms with E-state index in [1.807, 2.05) is 0 Å². The number of carbonyl (C=O) groups is 1. The number of carbonyl (C=O) groups excluding carboxylic acids is 1. The number of hydroxylamine groups is 2. The fraction of sp³-hybridized carbons (Fsp3) is 0.250. The summed E-state index contributed by atoms with van der Waals surface area (Å²) < 4.78 is 54.3. The van der Waals surface area contributed by atoms with Gasteiger partial charge in [0.25, 0.3) is 0 Å². The second-order valence-electron chi connectivity index (χ2n) is 8.47. The van der Waals surface area contributed by atoms with Gasteiger partial charge in [0.05, 0.1) is 39.3 Å². The molecule has 1 amide bonds. The number of rotatable bonds is 6. The number of benzene rings is 1. The monoisotopic (exact) mass is 545 g/mol. The van der Waals surface area contributed by atoms with E-state index < -0.39 is 41.9 Å². The molecule has 1 aromatic carbocycles. The topological polar surface area (TPSA) is 152 Å². The van der Waals surface area contributed by atoms with E-state index in [-0.39, 0.29) is 63.3 Å². The number of aliphatic imine (C=N–C) groups is 2. The van der Waals surface area contributed by atoms with Gasteiger partial charge in [-0.05, 0) is 43.0 Å². The van der Waals surface area contributed by atoms with Crippen molar-refractivity contribution in [2.45, 2.75) is 31.3 Å². The normalized spacial score (nSPS) is 28.1. The van der Waals surface area contributed by atoms with Crippen LogP contribution < -0.4 is 5.01 Å². The minimum atomic E-state index is -3.20. The van der Waals surface area contributed by atoms with Gasteiger partial charge in [-0.15, -0.1) is 0 Å². The molecule has 1 fully saturated rings. The Morgan fingerprint density at radius 2 is 2.18 bits per heavy atom. The summed E-state index contributed by atoms with van der Waals surface area (Å²) in [5.41, 5.74) is 5.92. The maximum atomic E-state index is 15.3. The fourth-order valence-electron chi connectivity index (χ4n) is 4.76. The van der Waals surface area contributed by atoms with Crippen molar-refractivity contribution in [3.8, 4) is 0 Å². The number of aliphatic hydroxyl groups is 1. The Morgan fingerprint density at radius 3 is 2.89 bits per heavy atom. The van der Waals surface area contributed by atoms with E-state index in [1.165, 1.54) is 23.2 Å². The molecule has 0 aliphatic carbocycles. The first-order chi connectivity index (χ1) is 19.3. The van der Waals surface area contributed by atoms with Gasteiger partial charge in [-0.2, -0.15) is 5.53 Å². The lowest BCUT2D eigenvalue weighted by molar-refractivity contribution is -0.128. The van der Waals surface area contributed by atoms with Crippen molar-refractivity contribution >= 4 is 47.2 Å². The highest BCUT2D eigenvalue weighted by Gasteiger charge is 2.43. The number of amidine groups is 1. The zero-order chi connectivity index (χ0) is 29.9. The number of amides is 1. The van der Waals surface area contributed by atoms with Crippen LogP contribution in [-0.4, -0.2) is 63.2 Å². The molecule has 5 rings (SSSR count). The van der Waals surface area contributed by atoms with Crippen molar-refractivity contribution in [1.82, 2.24) is 9.96 Å². The molecule has 2 atom stereocenters. The molecule has 11 nitrogen and oxygen atoms in total. The molecule has 4 N–H and O–H groups in total. The van der Waals surface area contributed by atoms with Crippen LogP contribution in [0.5, 0.6) is 0 Å². The first kappa shape index (κ1) is 22.0. The lowest BCUT2D eigenvalue weighted by atomic mass is 9.92. The van der Waals surface area contributed by atoms with Gasteiger partial charge in [-0.25, -0.2) is 28.8 Å². The number of hydrogen-bond acceptors (Lipinski definition) is 9. The summed E-state index contributed by atoms with van der Waals surface area (Å²) in [6, 6.07) is 0.236. The van der Waals surface area contributed by atoms with Crippen LogP contribution in [0.2, 0.25) is 5.02 Å². The molecule has 4 heterocycles. The molecule has 1 saturated heterocycles. The average Bonchev–Trinajstić information content (AvgIpc) is 3.51. The molecule has 0 saturated carbocycles. The van der Waals surface area contributed by atoms with E-state index in [2.05, 4.69) is 15.2 Å². The van der Waals surface area contributed by atoms with Gasteiger partial charge in [0, 0.05) is 29.4 Å². The summed E-state index contributed by atoms with van der Waals surface area (Å²) in [7, 11) is 0. The predicted molar refractivity (Wildman–Crippen MR) is 135 cm³/mol. The van der Waals surface area contributed by atoms with Crippen molar-refractivity contribution in [3.63, 3.8) is 0 Å². The quantitative estimate of drug-likeness (QED) is 0.183. The molecule has 0 aromatic heterocycles. The van der Waals surface area contributed by atoms with Gasteiger partial charge in [-0.1, -0.05) is 16.8 Å². The van der Waals surface area contributed by atoms with Crippen LogP contribution in [0.3, 0.4) is 0 Å². The third-order valence-corrected chi connectivity index (χ3v) is 6.74. The minimum absolute atomic E-state index is 0.00716. The molecule has 4 aliphatic heterocycles. The van der Waals surface area contributed by atoms with Gasteiger partial charge in [0.2, 0.25) is 5.91 Å². The van der Waals surface area contributed by atoms with Crippen LogP contribution in [0.25, 0.3) is 5.57 Å². The van der Waals surface area contributed by atoms with Crippen molar-refractivity contribution in [3.05, 3.63) is 69.7 Å². The number of fused-ring (bicyclic) bond motifs is 1. The Kier molecular flexibility index (Phi) is 5.78. The maximum Gasteiger partial charge on any atom is 0.247 e. The van der Waals surface area contributed by atoms with Crippen molar-refractivity contribution < 1.29 is 28.0 Å². The van der Waals surface area contributed by atoms with Gasteiger partial charge < -0.3 is 10.0 Å². The highest BCUT2D eigenvalue weighted by molar-refractivity contribution is 6.31. The summed E-state index contributed by atoms with van der Waals surface area (Å²) in [6.45, 7) is -3.20. The molecular formula is C24H21ClF2N8O3. The minimum Gasteiger partial charge on any atom is -0.390 e. The van der Waals surface area contributed by atoms with Gasteiger partial charge in [-0.3, -0.25) is 15.4 Å². The number of halogens is 3. The fourth-order valence-corrected chi connectivity index (χ4v) is 4.92. The van der Waals surface area contributed by atoms with Gasteiger partial charge >= 0.3 is 0 Å². The molecule has 0 spiro atoms. The maximum absolute atomic E-state index is 15.3. The average molecular weight is 546 g/mol. The molecule has 1 aromatic rings. The van der Waals surface area contributed by atoms with E-state index in [1.54, 1.807) is 0 Å². The number of allylic oxidation sites excluding steroid dienone is 4. The van der Waals surface area contributed by atoms with E-state index in [0.29, 0.717) is 6.34 Å². The molecular weight excluding hydrogens is 522 g/mol. The summed E-state index contributed by atoms with van der Waals surface area (Å²) >= 11 is 6.00. The van der Waals surface area contributed by atoms with E-state index in [4.69, 9.17) is 26.7 Å². The molecule has 196 valence electrons. The molecule has 0 radical (unpaired) electrons. The first-order valence-electron chi connectivity index (χ1n) is 12.7. The Morgan fingerprint density at radius 1 is 1.39 bits per heavy atom. The standard InChI is InChI=1S/C24H21ClF2N8O3/c25-15-2-4-17(33(11-28)32-29)21(23(15)27)12-7-13-1-3-18(35(13)20(37)8-12)24-30-9-16(31-24)14-5-6-34(38)19(10-36)22(14)26/h2,4-6,8-9,11,13,18,28-29,36,38H,1,3,7,10H2/b16-14-,28-11?,32-29?/t13-,18+/m1/s1/i10D2,13D. The lowest BCUT2D eigenvalue weighted by Crippen LogP contribution is -2.45. The number of nitrogens with one attached hydrogen (secondary N) is 2. The van der Waals surface area contributed by atoms with E-state index in [0.717, 1.165) is 23.4 Å². The summed E-state index contributed by atoms with van der Waals surface area (Å²) in [4.78, 5) is 23.2. The van der Waals surface area contributed by atoms with Crippen molar-refractivity contribution in [2.24, 2.45) is 15.2 Å². The second kappa shape index (κ2) is 10.0. The van der Waals surface area contributed by atoms with E-state index in [9.17, 15) is 15.1 Å². The Bertz CT molecular complexity index is 1560. The molecule has 38 heavy (non-hydrogen) atoms. The van der Waals surface area contributed by atoms with Crippen LogP contribution in [0.15, 0.2) is 68.5 Å². The van der Waals surface area contributed by atoms with Gasteiger partial charge in [0.15, 0.2) is 17.5 Å². The van der Waals surface area contributed by atoms with Crippen LogP contribution in [-0.2, 0) is 4.79 Å².